The number of hydrogen-bond donors (Lipinski definition) is 2. The summed E-state index contributed by atoms with van der Waals surface area (Å²) in [5, 5.41) is 3.97. The van der Waals surface area contributed by atoms with Crippen molar-refractivity contribution in [3.8, 4) is 0 Å². The molecule has 1 aliphatic heterocycles. The maximum Gasteiger partial charge on any atom is 0.247 e. The molecule has 0 fully saturated rings. The summed E-state index contributed by atoms with van der Waals surface area (Å²) in [6.45, 7) is 5.29. The molecular formula is C18H22ClF4N3O. The maximum atomic E-state index is 14.4. The van der Waals surface area contributed by atoms with Gasteiger partial charge in [-0.25, -0.2) is 23.0 Å². The van der Waals surface area contributed by atoms with Gasteiger partial charge in [-0.1, -0.05) is 39.3 Å². The Morgan fingerprint density at radius 1 is 1.19 bits per heavy atom. The minimum absolute atomic E-state index is 0.186. The molecule has 0 saturated heterocycles. The molecule has 1 aromatic rings. The summed E-state index contributed by atoms with van der Waals surface area (Å²) in [6, 6.07) is 0. The number of carbonyl (C=O) groups is 1. The van der Waals surface area contributed by atoms with Crippen molar-refractivity contribution < 1.29 is 22.4 Å². The number of hydrazine groups is 1. The number of carbonyl (C=O) groups excluding carboxylic acids is 1. The van der Waals surface area contributed by atoms with Gasteiger partial charge in [0.2, 0.25) is 5.91 Å². The largest absolute Gasteiger partial charge is 0.350 e. The van der Waals surface area contributed by atoms with Gasteiger partial charge in [0.05, 0.1) is 5.03 Å². The lowest BCUT2D eigenvalue weighted by Crippen LogP contribution is -2.56. The average Bonchev–Trinajstić information content (AvgIpc) is 2.86. The normalized spacial score (nSPS) is 20.1. The Morgan fingerprint density at radius 2 is 1.70 bits per heavy atom. The van der Waals surface area contributed by atoms with Crippen LogP contribution in [-0.4, -0.2) is 23.5 Å². The van der Waals surface area contributed by atoms with Gasteiger partial charge >= 0.3 is 0 Å². The van der Waals surface area contributed by atoms with Gasteiger partial charge in [0, 0.05) is 30.9 Å². The van der Waals surface area contributed by atoms with Crippen LogP contribution in [0.3, 0.4) is 0 Å². The predicted molar refractivity (Wildman–Crippen MR) is 94.7 cm³/mol. The van der Waals surface area contributed by atoms with Crippen molar-refractivity contribution in [2.24, 2.45) is 0 Å². The van der Waals surface area contributed by atoms with Gasteiger partial charge in [-0.15, -0.1) is 0 Å². The number of rotatable bonds is 4. The highest BCUT2D eigenvalue weighted by molar-refractivity contribution is 6.33. The molecule has 1 heterocycles. The Morgan fingerprint density at radius 3 is 2.07 bits per heavy atom. The molecule has 0 aromatic heterocycles. The number of benzene rings is 1. The van der Waals surface area contributed by atoms with Crippen LogP contribution in [0.25, 0.3) is 0 Å². The Bertz CT molecular complexity index is 778. The molecule has 0 radical (unpaired) electrons. The lowest BCUT2D eigenvalue weighted by atomic mass is 9.85. The van der Waals surface area contributed by atoms with E-state index >= 15 is 0 Å². The van der Waals surface area contributed by atoms with Crippen LogP contribution in [-0.2, 0) is 16.8 Å². The Balaban J connectivity index is 2.34. The second-order valence-electron chi connectivity index (χ2n) is 7.50. The molecule has 2 N–H and O–H groups in total. The molecule has 0 saturated carbocycles. The van der Waals surface area contributed by atoms with Crippen molar-refractivity contribution in [3.63, 3.8) is 0 Å². The zero-order chi connectivity index (χ0) is 20.7. The first-order valence-corrected chi connectivity index (χ1v) is 8.76. The summed E-state index contributed by atoms with van der Waals surface area (Å²) < 4.78 is 57.4. The standard InChI is InChI=1S/C18H22ClF4N3O/c1-6-18(10(19)8-26(5)25-18)16(27)24-7-9-12(20)14(22)11(17(2,3)4)15(23)13(9)21/h8,25H,6-7H2,1-5H3,(H,24,27). The average molecular weight is 408 g/mol. The van der Waals surface area contributed by atoms with Crippen LogP contribution >= 0.6 is 11.6 Å². The molecule has 1 aromatic carbocycles. The van der Waals surface area contributed by atoms with Gasteiger partial charge in [0.1, 0.15) is 0 Å². The molecule has 9 heteroatoms. The number of nitrogens with one attached hydrogen (secondary N) is 2. The molecule has 1 amide bonds. The zero-order valence-electron chi connectivity index (χ0n) is 15.7. The summed E-state index contributed by atoms with van der Waals surface area (Å²) in [5.74, 6) is -6.65. The van der Waals surface area contributed by atoms with E-state index in [1.165, 1.54) is 32.0 Å². The minimum atomic E-state index is -1.53. The van der Waals surface area contributed by atoms with E-state index in [2.05, 4.69) is 10.7 Å². The molecule has 2 rings (SSSR count). The van der Waals surface area contributed by atoms with Gasteiger partial charge in [-0.2, -0.15) is 0 Å². The van der Waals surface area contributed by atoms with Crippen LogP contribution in [0.5, 0.6) is 0 Å². The van der Waals surface area contributed by atoms with Crippen molar-refractivity contribution in [3.05, 3.63) is 45.6 Å². The topological polar surface area (TPSA) is 44.4 Å². The lowest BCUT2D eigenvalue weighted by Gasteiger charge is -2.29. The third-order valence-electron chi connectivity index (χ3n) is 4.53. The van der Waals surface area contributed by atoms with Crippen LogP contribution < -0.4 is 10.7 Å². The molecule has 27 heavy (non-hydrogen) atoms. The van der Waals surface area contributed by atoms with E-state index in [0.29, 0.717) is 0 Å². The van der Waals surface area contributed by atoms with Crippen LogP contribution in [0.15, 0.2) is 11.2 Å². The first-order valence-electron chi connectivity index (χ1n) is 8.38. The number of halogens is 5. The smallest absolute Gasteiger partial charge is 0.247 e. The Hall–Kier alpha value is -1.80. The second-order valence-corrected chi connectivity index (χ2v) is 7.91. The quantitative estimate of drug-likeness (QED) is 0.589. The summed E-state index contributed by atoms with van der Waals surface area (Å²) in [7, 11) is 1.63. The van der Waals surface area contributed by atoms with E-state index < -0.39 is 57.8 Å². The number of amides is 1. The Kier molecular flexibility index (Phi) is 5.82. The van der Waals surface area contributed by atoms with Crippen molar-refractivity contribution >= 4 is 17.5 Å². The summed E-state index contributed by atoms with van der Waals surface area (Å²) in [5.41, 5.74) is -1.17. The van der Waals surface area contributed by atoms with Gasteiger partial charge in [-0.05, 0) is 11.8 Å². The first-order chi connectivity index (χ1) is 12.4. The lowest BCUT2D eigenvalue weighted by molar-refractivity contribution is -0.127. The monoisotopic (exact) mass is 407 g/mol. The van der Waals surface area contributed by atoms with E-state index in [1.807, 2.05) is 0 Å². The van der Waals surface area contributed by atoms with E-state index in [1.54, 1.807) is 14.0 Å². The molecular weight excluding hydrogens is 386 g/mol. The van der Waals surface area contributed by atoms with Crippen LogP contribution in [0.4, 0.5) is 17.6 Å². The molecule has 4 nitrogen and oxygen atoms in total. The van der Waals surface area contributed by atoms with Gasteiger partial charge in [0.25, 0.3) is 0 Å². The van der Waals surface area contributed by atoms with E-state index in [-0.39, 0.29) is 11.5 Å². The fourth-order valence-electron chi connectivity index (χ4n) is 3.05. The van der Waals surface area contributed by atoms with Crippen LogP contribution in [0.2, 0.25) is 0 Å². The third-order valence-corrected chi connectivity index (χ3v) is 4.95. The van der Waals surface area contributed by atoms with Crippen molar-refractivity contribution in [1.29, 1.82) is 0 Å². The number of hydrogen-bond acceptors (Lipinski definition) is 3. The molecule has 1 atom stereocenters. The Labute approximate surface area is 160 Å². The summed E-state index contributed by atoms with van der Waals surface area (Å²) >= 11 is 6.12. The van der Waals surface area contributed by atoms with Gasteiger partial charge in [-0.3, -0.25) is 4.79 Å². The molecule has 0 bridgehead atoms. The SMILES string of the molecule is CCC1(C(=O)NCc2c(F)c(F)c(C(C)(C)C)c(F)c2F)NN(C)C=C1Cl. The second kappa shape index (κ2) is 7.31. The van der Waals surface area contributed by atoms with Gasteiger partial charge in [0.15, 0.2) is 28.8 Å². The van der Waals surface area contributed by atoms with Crippen LogP contribution in [0, 0.1) is 23.3 Å². The predicted octanol–water partition coefficient (Wildman–Crippen LogP) is 3.84. The van der Waals surface area contributed by atoms with Crippen LogP contribution in [0.1, 0.15) is 45.2 Å². The van der Waals surface area contributed by atoms with Crippen molar-refractivity contribution in [2.75, 3.05) is 7.05 Å². The summed E-state index contributed by atoms with van der Waals surface area (Å²) in [4.78, 5) is 12.6. The highest BCUT2D eigenvalue weighted by Crippen LogP contribution is 2.34. The number of nitrogens with zero attached hydrogens (tertiary/aromatic N) is 1. The van der Waals surface area contributed by atoms with E-state index in [4.69, 9.17) is 11.6 Å². The maximum absolute atomic E-state index is 14.4. The highest BCUT2D eigenvalue weighted by Gasteiger charge is 2.44. The molecule has 0 spiro atoms. The fraction of sp³-hybridized carbons (Fsp3) is 0.500. The van der Waals surface area contributed by atoms with E-state index in [0.717, 1.165) is 0 Å². The van der Waals surface area contributed by atoms with Gasteiger partial charge < -0.3 is 10.3 Å². The highest BCUT2D eigenvalue weighted by atomic mass is 35.5. The first kappa shape index (κ1) is 21.5. The molecule has 1 unspecified atom stereocenters. The van der Waals surface area contributed by atoms with Crippen molar-refractivity contribution in [1.82, 2.24) is 15.8 Å². The third kappa shape index (κ3) is 3.65. The molecule has 150 valence electrons. The zero-order valence-corrected chi connectivity index (χ0v) is 16.5. The van der Waals surface area contributed by atoms with Crippen molar-refractivity contribution in [2.45, 2.75) is 51.6 Å². The molecule has 0 aliphatic carbocycles. The minimum Gasteiger partial charge on any atom is -0.350 e. The molecule has 1 aliphatic rings. The summed E-state index contributed by atoms with van der Waals surface area (Å²) in [6.07, 6.45) is 1.73. The van der Waals surface area contributed by atoms with E-state index in [9.17, 15) is 22.4 Å². The fourth-order valence-corrected chi connectivity index (χ4v) is 3.45.